The first kappa shape index (κ1) is 16.1. The van der Waals surface area contributed by atoms with Gasteiger partial charge in [0.15, 0.2) is 11.5 Å². The van der Waals surface area contributed by atoms with Crippen molar-refractivity contribution in [3.63, 3.8) is 0 Å². The lowest BCUT2D eigenvalue weighted by molar-refractivity contribution is 0.0738. The minimum Gasteiger partial charge on any atom is -0.493 e. The van der Waals surface area contributed by atoms with Gasteiger partial charge >= 0.3 is 0 Å². The number of hydrogen-bond acceptors (Lipinski definition) is 5. The third-order valence-corrected chi connectivity index (χ3v) is 4.20. The van der Waals surface area contributed by atoms with Crippen LogP contribution in [0.4, 0.5) is 0 Å². The molecule has 1 heterocycles. The summed E-state index contributed by atoms with van der Waals surface area (Å²) in [5, 5.41) is 9.18. The lowest BCUT2D eigenvalue weighted by Gasteiger charge is -2.39. The number of nitrogens with zero attached hydrogens (tertiary/aromatic N) is 2. The highest BCUT2D eigenvalue weighted by atomic mass is 16.5. The fourth-order valence-corrected chi connectivity index (χ4v) is 2.93. The van der Waals surface area contributed by atoms with Crippen LogP contribution in [-0.4, -0.2) is 68.5 Å². The molecule has 0 bridgehead atoms. The van der Waals surface area contributed by atoms with Crippen molar-refractivity contribution in [2.75, 3.05) is 47.5 Å². The average Bonchev–Trinajstić information content (AvgIpc) is 2.50. The van der Waals surface area contributed by atoms with Gasteiger partial charge in [-0.1, -0.05) is 12.1 Å². The van der Waals surface area contributed by atoms with Crippen molar-refractivity contribution in [2.45, 2.75) is 19.0 Å². The third kappa shape index (κ3) is 3.87. The molecule has 1 atom stereocenters. The number of para-hydroxylation sites is 1. The van der Waals surface area contributed by atoms with E-state index in [4.69, 9.17) is 9.47 Å². The van der Waals surface area contributed by atoms with Gasteiger partial charge in [-0.3, -0.25) is 4.90 Å². The Balaban J connectivity index is 2.08. The molecule has 118 valence electrons. The molecule has 0 aliphatic carbocycles. The van der Waals surface area contributed by atoms with E-state index in [9.17, 15) is 5.11 Å². The first-order chi connectivity index (χ1) is 10.2. The fourth-order valence-electron chi connectivity index (χ4n) is 2.93. The molecule has 5 heteroatoms. The van der Waals surface area contributed by atoms with Gasteiger partial charge in [0.05, 0.1) is 14.2 Å². The molecule has 1 saturated heterocycles. The summed E-state index contributed by atoms with van der Waals surface area (Å²) in [7, 11) is 5.47. The molecular formula is C16H26N2O3. The highest BCUT2D eigenvalue weighted by Crippen LogP contribution is 2.31. The van der Waals surface area contributed by atoms with E-state index >= 15 is 0 Å². The molecular weight excluding hydrogens is 268 g/mol. The maximum absolute atomic E-state index is 9.18. The molecule has 0 aromatic heterocycles. The lowest BCUT2D eigenvalue weighted by atomic mass is 10.1. The average molecular weight is 294 g/mol. The molecule has 1 aliphatic rings. The quantitative estimate of drug-likeness (QED) is 0.854. The SMILES string of the molecule is COc1cccc(CN2CCN(C)[C@@H](CCO)C2)c1OC. The van der Waals surface area contributed by atoms with Crippen LogP contribution in [0.5, 0.6) is 11.5 Å². The van der Waals surface area contributed by atoms with Crippen LogP contribution in [-0.2, 0) is 6.54 Å². The van der Waals surface area contributed by atoms with Gasteiger partial charge in [0.25, 0.3) is 0 Å². The topological polar surface area (TPSA) is 45.2 Å². The minimum absolute atomic E-state index is 0.241. The van der Waals surface area contributed by atoms with Crippen molar-refractivity contribution in [3.05, 3.63) is 23.8 Å². The molecule has 1 aromatic rings. The van der Waals surface area contributed by atoms with Gasteiger partial charge in [-0.05, 0) is 19.5 Å². The predicted molar refractivity (Wildman–Crippen MR) is 82.9 cm³/mol. The van der Waals surface area contributed by atoms with Gasteiger partial charge in [-0.25, -0.2) is 0 Å². The Hall–Kier alpha value is -1.30. The number of likely N-dealkylation sites (N-methyl/N-ethyl adjacent to an activating group) is 1. The second-order valence-electron chi connectivity index (χ2n) is 5.53. The Labute approximate surface area is 127 Å². The standard InChI is InChI=1S/C16H26N2O3/c1-17-8-9-18(12-14(17)7-10-19)11-13-5-4-6-15(20-2)16(13)21-3/h4-6,14,19H,7-12H2,1-3H3/t14-/m0/s1. The van der Waals surface area contributed by atoms with Crippen LogP contribution in [0.2, 0.25) is 0 Å². The number of aliphatic hydroxyl groups excluding tert-OH is 1. The maximum atomic E-state index is 9.18. The highest BCUT2D eigenvalue weighted by Gasteiger charge is 2.24. The zero-order chi connectivity index (χ0) is 15.2. The Morgan fingerprint density at radius 3 is 2.71 bits per heavy atom. The molecule has 0 spiro atoms. The first-order valence-corrected chi connectivity index (χ1v) is 7.43. The number of rotatable bonds is 6. The van der Waals surface area contributed by atoms with Crippen molar-refractivity contribution in [3.8, 4) is 11.5 Å². The second kappa shape index (κ2) is 7.64. The highest BCUT2D eigenvalue weighted by molar-refractivity contribution is 5.46. The Kier molecular flexibility index (Phi) is 5.85. The smallest absolute Gasteiger partial charge is 0.165 e. The number of benzene rings is 1. The van der Waals surface area contributed by atoms with Crippen LogP contribution in [0, 0.1) is 0 Å². The molecule has 0 radical (unpaired) electrons. The fraction of sp³-hybridized carbons (Fsp3) is 0.625. The van der Waals surface area contributed by atoms with Gasteiger partial charge < -0.3 is 19.5 Å². The minimum atomic E-state index is 0.241. The first-order valence-electron chi connectivity index (χ1n) is 7.43. The molecule has 0 amide bonds. The summed E-state index contributed by atoms with van der Waals surface area (Å²) in [6.07, 6.45) is 0.822. The van der Waals surface area contributed by atoms with Gasteiger partial charge in [-0.15, -0.1) is 0 Å². The van der Waals surface area contributed by atoms with Crippen LogP contribution in [0.1, 0.15) is 12.0 Å². The molecule has 1 aliphatic heterocycles. The van der Waals surface area contributed by atoms with Gasteiger partial charge in [0, 0.05) is 44.4 Å². The van der Waals surface area contributed by atoms with Gasteiger partial charge in [0.2, 0.25) is 0 Å². The maximum Gasteiger partial charge on any atom is 0.165 e. The third-order valence-electron chi connectivity index (χ3n) is 4.20. The van der Waals surface area contributed by atoms with Crippen LogP contribution in [0.3, 0.4) is 0 Å². The van der Waals surface area contributed by atoms with Crippen molar-refractivity contribution >= 4 is 0 Å². The Bertz CT molecular complexity index is 453. The van der Waals surface area contributed by atoms with E-state index in [-0.39, 0.29) is 6.61 Å². The molecule has 0 saturated carbocycles. The lowest BCUT2D eigenvalue weighted by Crippen LogP contribution is -2.51. The summed E-state index contributed by atoms with van der Waals surface area (Å²) in [6.45, 7) is 4.11. The molecule has 2 rings (SSSR count). The predicted octanol–water partition coefficient (Wildman–Crippen LogP) is 1.20. The van der Waals surface area contributed by atoms with E-state index in [1.54, 1.807) is 14.2 Å². The number of methoxy groups -OCH3 is 2. The zero-order valence-electron chi connectivity index (χ0n) is 13.2. The summed E-state index contributed by atoms with van der Waals surface area (Å²) in [5.74, 6) is 1.59. The van der Waals surface area contributed by atoms with E-state index in [2.05, 4.69) is 22.9 Å². The molecule has 1 aromatic carbocycles. The van der Waals surface area contributed by atoms with E-state index in [0.29, 0.717) is 6.04 Å². The summed E-state index contributed by atoms with van der Waals surface area (Å²) >= 11 is 0. The summed E-state index contributed by atoms with van der Waals surface area (Å²) in [5.41, 5.74) is 1.14. The largest absolute Gasteiger partial charge is 0.493 e. The summed E-state index contributed by atoms with van der Waals surface area (Å²) in [4.78, 5) is 4.74. The summed E-state index contributed by atoms with van der Waals surface area (Å²) in [6, 6.07) is 6.42. The monoisotopic (exact) mass is 294 g/mol. The van der Waals surface area contributed by atoms with Crippen molar-refractivity contribution in [1.82, 2.24) is 9.80 Å². The zero-order valence-corrected chi connectivity index (χ0v) is 13.2. The normalized spacial score (nSPS) is 20.5. The Morgan fingerprint density at radius 1 is 1.24 bits per heavy atom. The number of ether oxygens (including phenoxy) is 2. The summed E-state index contributed by atoms with van der Waals surface area (Å²) < 4.78 is 10.9. The molecule has 5 nitrogen and oxygen atoms in total. The van der Waals surface area contributed by atoms with Crippen LogP contribution in [0.15, 0.2) is 18.2 Å². The van der Waals surface area contributed by atoms with Crippen molar-refractivity contribution in [1.29, 1.82) is 0 Å². The van der Waals surface area contributed by atoms with E-state index < -0.39 is 0 Å². The van der Waals surface area contributed by atoms with Crippen LogP contribution in [0.25, 0.3) is 0 Å². The molecule has 1 fully saturated rings. The number of piperazine rings is 1. The Morgan fingerprint density at radius 2 is 2.05 bits per heavy atom. The van der Waals surface area contributed by atoms with E-state index in [1.807, 2.05) is 12.1 Å². The number of aliphatic hydroxyl groups is 1. The molecule has 1 N–H and O–H groups in total. The van der Waals surface area contributed by atoms with Crippen LogP contribution >= 0.6 is 0 Å². The van der Waals surface area contributed by atoms with Gasteiger partial charge in [0.1, 0.15) is 0 Å². The van der Waals surface area contributed by atoms with Crippen molar-refractivity contribution < 1.29 is 14.6 Å². The van der Waals surface area contributed by atoms with Gasteiger partial charge in [-0.2, -0.15) is 0 Å². The van der Waals surface area contributed by atoms with Crippen molar-refractivity contribution in [2.24, 2.45) is 0 Å². The molecule has 21 heavy (non-hydrogen) atoms. The van der Waals surface area contributed by atoms with E-state index in [0.717, 1.165) is 49.7 Å². The van der Waals surface area contributed by atoms with Crippen LogP contribution < -0.4 is 9.47 Å². The van der Waals surface area contributed by atoms with E-state index in [1.165, 1.54) is 0 Å². The molecule has 0 unspecified atom stereocenters. The second-order valence-corrected chi connectivity index (χ2v) is 5.53. The number of hydrogen-bond donors (Lipinski definition) is 1.